The highest BCUT2D eigenvalue weighted by molar-refractivity contribution is 14.0. The second-order valence-corrected chi connectivity index (χ2v) is 5.47. The third kappa shape index (κ3) is 5.77. The summed E-state index contributed by atoms with van der Waals surface area (Å²) in [5.41, 5.74) is 1.07. The highest BCUT2D eigenvalue weighted by Crippen LogP contribution is 1.99. The van der Waals surface area contributed by atoms with E-state index in [4.69, 9.17) is 0 Å². The topological polar surface area (TPSA) is 84.9 Å². The van der Waals surface area contributed by atoms with Crippen LogP contribution in [0.5, 0.6) is 0 Å². The first-order valence-electron chi connectivity index (χ1n) is 7.95. The molecule has 0 saturated carbocycles. The molecule has 0 atom stereocenters. The molecule has 0 bridgehead atoms. The SMILES string of the molecule is CCCCNC(=NCc1ccnn1C)NCc1nnc(C)n1C.I. The Bertz CT molecular complexity index is 646. The first kappa shape index (κ1) is 20.4. The van der Waals surface area contributed by atoms with Crippen LogP contribution in [-0.4, -0.2) is 37.0 Å². The van der Waals surface area contributed by atoms with Gasteiger partial charge in [0.05, 0.1) is 18.8 Å². The van der Waals surface area contributed by atoms with E-state index < -0.39 is 0 Å². The summed E-state index contributed by atoms with van der Waals surface area (Å²) >= 11 is 0. The van der Waals surface area contributed by atoms with E-state index in [9.17, 15) is 0 Å². The summed E-state index contributed by atoms with van der Waals surface area (Å²) in [4.78, 5) is 4.63. The van der Waals surface area contributed by atoms with Gasteiger partial charge in [0.25, 0.3) is 0 Å². The maximum Gasteiger partial charge on any atom is 0.192 e. The van der Waals surface area contributed by atoms with E-state index in [1.54, 1.807) is 6.20 Å². The Morgan fingerprint density at radius 3 is 2.62 bits per heavy atom. The molecule has 134 valence electrons. The second-order valence-electron chi connectivity index (χ2n) is 5.47. The number of hydrogen-bond donors (Lipinski definition) is 2. The number of guanidine groups is 1. The molecule has 0 aromatic carbocycles. The number of aromatic nitrogens is 5. The number of halogens is 1. The van der Waals surface area contributed by atoms with Crippen molar-refractivity contribution in [2.45, 2.75) is 39.8 Å². The Morgan fingerprint density at radius 2 is 2.04 bits per heavy atom. The summed E-state index contributed by atoms with van der Waals surface area (Å²) < 4.78 is 3.80. The van der Waals surface area contributed by atoms with Crippen LogP contribution in [0, 0.1) is 6.92 Å². The zero-order valence-corrected chi connectivity index (χ0v) is 17.1. The quantitative estimate of drug-likeness (QED) is 0.292. The van der Waals surface area contributed by atoms with Crippen molar-refractivity contribution in [1.29, 1.82) is 0 Å². The normalized spacial score (nSPS) is 11.2. The van der Waals surface area contributed by atoms with Gasteiger partial charge in [0.1, 0.15) is 5.82 Å². The van der Waals surface area contributed by atoms with E-state index in [1.807, 2.05) is 36.3 Å². The number of nitrogens with one attached hydrogen (secondary N) is 2. The maximum absolute atomic E-state index is 4.63. The van der Waals surface area contributed by atoms with Crippen molar-refractivity contribution in [3.8, 4) is 0 Å². The van der Waals surface area contributed by atoms with Gasteiger partial charge in [-0.1, -0.05) is 13.3 Å². The van der Waals surface area contributed by atoms with Crippen molar-refractivity contribution < 1.29 is 0 Å². The Labute approximate surface area is 160 Å². The number of unbranched alkanes of at least 4 members (excludes halogenated alkanes) is 1. The molecule has 24 heavy (non-hydrogen) atoms. The first-order valence-corrected chi connectivity index (χ1v) is 7.95. The average molecular weight is 446 g/mol. The number of rotatable bonds is 7. The molecule has 0 amide bonds. The Hall–Kier alpha value is -1.65. The van der Waals surface area contributed by atoms with Gasteiger partial charge in [0.15, 0.2) is 11.8 Å². The van der Waals surface area contributed by atoms with Gasteiger partial charge in [0, 0.05) is 26.8 Å². The van der Waals surface area contributed by atoms with Gasteiger partial charge < -0.3 is 15.2 Å². The Morgan fingerprint density at radius 1 is 1.25 bits per heavy atom. The van der Waals surface area contributed by atoms with E-state index in [1.165, 1.54) is 0 Å². The zero-order chi connectivity index (χ0) is 16.7. The number of aliphatic imine (C=N–C) groups is 1. The molecule has 2 aromatic heterocycles. The van der Waals surface area contributed by atoms with E-state index in [-0.39, 0.29) is 24.0 Å². The summed E-state index contributed by atoms with van der Waals surface area (Å²) in [5.74, 6) is 2.56. The van der Waals surface area contributed by atoms with Crippen LogP contribution in [0.15, 0.2) is 17.3 Å². The minimum atomic E-state index is 0. The van der Waals surface area contributed by atoms with E-state index in [0.29, 0.717) is 13.1 Å². The van der Waals surface area contributed by atoms with Crippen molar-refractivity contribution >= 4 is 29.9 Å². The smallest absolute Gasteiger partial charge is 0.192 e. The molecule has 0 spiro atoms. The summed E-state index contributed by atoms with van der Waals surface area (Å²) in [6, 6.07) is 1.97. The molecule has 0 fully saturated rings. The molecule has 0 radical (unpaired) electrons. The zero-order valence-electron chi connectivity index (χ0n) is 14.8. The van der Waals surface area contributed by atoms with Crippen molar-refractivity contribution in [1.82, 2.24) is 35.2 Å². The fourth-order valence-electron chi connectivity index (χ4n) is 2.04. The van der Waals surface area contributed by atoms with E-state index in [0.717, 1.165) is 42.7 Å². The fraction of sp³-hybridized carbons (Fsp3) is 0.600. The first-order chi connectivity index (χ1) is 11.1. The molecule has 9 heteroatoms. The third-order valence-corrected chi connectivity index (χ3v) is 3.74. The molecule has 2 heterocycles. The highest BCUT2D eigenvalue weighted by atomic mass is 127. The van der Waals surface area contributed by atoms with Crippen LogP contribution in [-0.2, 0) is 27.2 Å². The van der Waals surface area contributed by atoms with E-state index >= 15 is 0 Å². The van der Waals surface area contributed by atoms with Crippen molar-refractivity contribution in [2.24, 2.45) is 19.1 Å². The van der Waals surface area contributed by atoms with Gasteiger partial charge in [-0.2, -0.15) is 5.10 Å². The molecule has 2 rings (SSSR count). The van der Waals surface area contributed by atoms with Gasteiger partial charge >= 0.3 is 0 Å². The van der Waals surface area contributed by atoms with Crippen molar-refractivity contribution in [2.75, 3.05) is 6.54 Å². The molecule has 0 aliphatic heterocycles. The van der Waals surface area contributed by atoms with Gasteiger partial charge in [0.2, 0.25) is 0 Å². The summed E-state index contributed by atoms with van der Waals surface area (Å²) in [7, 11) is 3.88. The van der Waals surface area contributed by atoms with Gasteiger partial charge in [-0.25, -0.2) is 4.99 Å². The highest BCUT2D eigenvalue weighted by Gasteiger charge is 2.06. The lowest BCUT2D eigenvalue weighted by molar-refractivity contribution is 0.684. The van der Waals surface area contributed by atoms with E-state index in [2.05, 4.69) is 37.8 Å². The van der Waals surface area contributed by atoms with Crippen LogP contribution in [0.4, 0.5) is 0 Å². The van der Waals surface area contributed by atoms with Crippen LogP contribution in [0.2, 0.25) is 0 Å². The number of nitrogens with zero attached hydrogens (tertiary/aromatic N) is 6. The minimum absolute atomic E-state index is 0. The van der Waals surface area contributed by atoms with Crippen LogP contribution >= 0.6 is 24.0 Å². The molecule has 2 N–H and O–H groups in total. The lowest BCUT2D eigenvalue weighted by Gasteiger charge is -2.12. The van der Waals surface area contributed by atoms with Crippen molar-refractivity contribution in [3.63, 3.8) is 0 Å². The molecule has 8 nitrogen and oxygen atoms in total. The maximum atomic E-state index is 4.63. The summed E-state index contributed by atoms with van der Waals surface area (Å²) in [6.07, 6.45) is 4.03. The fourth-order valence-corrected chi connectivity index (χ4v) is 2.04. The van der Waals surface area contributed by atoms with Crippen LogP contribution < -0.4 is 10.6 Å². The molecular weight excluding hydrogens is 419 g/mol. The predicted molar refractivity (Wildman–Crippen MR) is 105 cm³/mol. The summed E-state index contributed by atoms with van der Waals surface area (Å²) in [6.45, 7) is 6.17. The average Bonchev–Trinajstić information content (AvgIpc) is 3.09. The van der Waals surface area contributed by atoms with Crippen LogP contribution in [0.3, 0.4) is 0 Å². The Balaban J connectivity index is 0.00000288. The van der Waals surface area contributed by atoms with Crippen molar-refractivity contribution in [3.05, 3.63) is 29.6 Å². The third-order valence-electron chi connectivity index (χ3n) is 3.74. The minimum Gasteiger partial charge on any atom is -0.356 e. The Kier molecular flexibility index (Phi) is 8.72. The lowest BCUT2D eigenvalue weighted by atomic mass is 10.3. The lowest BCUT2D eigenvalue weighted by Crippen LogP contribution is -2.38. The van der Waals surface area contributed by atoms with Gasteiger partial charge in [-0.05, 0) is 19.4 Å². The van der Waals surface area contributed by atoms with Gasteiger partial charge in [-0.3, -0.25) is 4.68 Å². The second kappa shape index (κ2) is 10.3. The monoisotopic (exact) mass is 446 g/mol. The van der Waals surface area contributed by atoms with Crippen LogP contribution in [0.25, 0.3) is 0 Å². The molecule has 0 aliphatic carbocycles. The summed E-state index contributed by atoms with van der Waals surface area (Å²) in [5, 5.41) is 19.1. The molecule has 0 unspecified atom stereocenters. The van der Waals surface area contributed by atoms with Gasteiger partial charge in [-0.15, -0.1) is 34.2 Å². The number of hydrogen-bond acceptors (Lipinski definition) is 4. The van der Waals surface area contributed by atoms with Crippen LogP contribution in [0.1, 0.15) is 37.1 Å². The molecule has 2 aromatic rings. The largest absolute Gasteiger partial charge is 0.356 e. The predicted octanol–water partition coefficient (Wildman–Crippen LogP) is 1.51. The molecule has 0 aliphatic rings. The molecular formula is C15H27IN8. The number of aryl methyl sites for hydroxylation is 2. The molecule has 0 saturated heterocycles. The standard InChI is InChI=1S/C15H26N8.HI/c1-5-6-8-16-15(17-10-13-7-9-19-23(13)4)18-11-14-21-20-12(2)22(14)3;/h7,9H,5-6,8,10-11H2,1-4H3,(H2,16,17,18);1H.